The SMILES string of the molecule is Cn1c(=O)c2c(c3ncc(Br)cc31)N1CCN(C(c3ccc(F)cc3)c3ccc(F)cc3)C[C@@H]1COC2=O. The molecule has 7 nitrogen and oxygen atoms in total. The van der Waals surface area contributed by atoms with Gasteiger partial charge in [-0.25, -0.2) is 13.6 Å². The molecule has 0 radical (unpaired) electrons. The van der Waals surface area contributed by atoms with Gasteiger partial charge in [-0.2, -0.15) is 0 Å². The fraction of sp³-hybridized carbons (Fsp3) is 0.250. The second-order valence-electron chi connectivity index (χ2n) is 9.56. The molecule has 4 heterocycles. The number of pyridine rings is 2. The summed E-state index contributed by atoms with van der Waals surface area (Å²) < 4.78 is 35.3. The van der Waals surface area contributed by atoms with Crippen molar-refractivity contribution < 1.29 is 18.3 Å². The average molecular weight is 581 g/mol. The number of ether oxygens (including phenoxy) is 1. The van der Waals surface area contributed by atoms with Crippen LogP contribution in [0.1, 0.15) is 27.5 Å². The molecule has 2 aliphatic heterocycles. The fourth-order valence-electron chi connectivity index (χ4n) is 5.53. The number of hydrogen-bond acceptors (Lipinski definition) is 6. The second-order valence-corrected chi connectivity index (χ2v) is 10.5. The van der Waals surface area contributed by atoms with Crippen LogP contribution < -0.4 is 10.5 Å². The summed E-state index contributed by atoms with van der Waals surface area (Å²) in [5.74, 6) is -1.34. The molecule has 0 amide bonds. The van der Waals surface area contributed by atoms with Crippen molar-refractivity contribution in [3.8, 4) is 0 Å². The standard InChI is InChI=1S/C28H23BrF2N4O3/c1-33-22-12-18(29)13-32-24(22)26-23(27(33)36)28(37)38-15-21-14-34(10-11-35(21)26)25(16-2-6-19(30)7-3-16)17-4-8-20(31)9-5-17/h2-9,12-13,21,25H,10-11,14-15H2,1H3/t21-/m1/s1. The lowest BCUT2D eigenvalue weighted by atomic mass is 9.95. The van der Waals surface area contributed by atoms with E-state index >= 15 is 0 Å². The zero-order chi connectivity index (χ0) is 26.6. The smallest absolute Gasteiger partial charge is 0.346 e. The summed E-state index contributed by atoms with van der Waals surface area (Å²) in [5.41, 5.74) is 2.93. The molecule has 0 N–H and O–H groups in total. The van der Waals surface area contributed by atoms with Crippen molar-refractivity contribution in [3.63, 3.8) is 0 Å². The Morgan fingerprint density at radius 1 is 1.00 bits per heavy atom. The van der Waals surface area contributed by atoms with Gasteiger partial charge < -0.3 is 14.2 Å². The van der Waals surface area contributed by atoms with Crippen LogP contribution >= 0.6 is 15.9 Å². The van der Waals surface area contributed by atoms with Gasteiger partial charge in [0.05, 0.1) is 23.3 Å². The summed E-state index contributed by atoms with van der Waals surface area (Å²) in [6.07, 6.45) is 1.65. The molecule has 0 saturated carbocycles. The monoisotopic (exact) mass is 580 g/mol. The summed E-state index contributed by atoms with van der Waals surface area (Å²) >= 11 is 3.42. The third kappa shape index (κ3) is 4.17. The van der Waals surface area contributed by atoms with Crippen LogP contribution in [0.15, 0.2) is 70.1 Å². The molecule has 6 rings (SSSR count). The minimum atomic E-state index is -0.665. The number of nitrogens with zero attached hydrogens (tertiary/aromatic N) is 4. The first-order valence-corrected chi connectivity index (χ1v) is 13.0. The maximum atomic E-state index is 13.8. The van der Waals surface area contributed by atoms with Crippen LogP contribution in [-0.2, 0) is 11.8 Å². The highest BCUT2D eigenvalue weighted by atomic mass is 79.9. The molecule has 4 aromatic rings. The summed E-state index contributed by atoms with van der Waals surface area (Å²) in [4.78, 5) is 35.2. The van der Waals surface area contributed by atoms with Crippen molar-refractivity contribution >= 4 is 38.6 Å². The molecule has 0 spiro atoms. The third-order valence-corrected chi connectivity index (χ3v) is 7.76. The molecule has 194 valence electrons. The first kappa shape index (κ1) is 24.7. The molecular formula is C28H23BrF2N4O3. The van der Waals surface area contributed by atoms with Crippen LogP contribution in [0.5, 0.6) is 0 Å². The summed E-state index contributed by atoms with van der Waals surface area (Å²) in [6, 6.07) is 13.9. The Hall–Kier alpha value is -3.63. The van der Waals surface area contributed by atoms with Crippen LogP contribution in [0.4, 0.5) is 14.5 Å². The van der Waals surface area contributed by atoms with E-state index in [4.69, 9.17) is 4.74 Å². The summed E-state index contributed by atoms with van der Waals surface area (Å²) in [5, 5.41) is 0. The summed E-state index contributed by atoms with van der Waals surface area (Å²) in [7, 11) is 1.61. The van der Waals surface area contributed by atoms with E-state index in [0.29, 0.717) is 36.4 Å². The Morgan fingerprint density at radius 3 is 2.26 bits per heavy atom. The highest BCUT2D eigenvalue weighted by Crippen LogP contribution is 2.37. The van der Waals surface area contributed by atoms with Gasteiger partial charge in [-0.3, -0.25) is 14.7 Å². The number of anilines is 1. The van der Waals surface area contributed by atoms with Gasteiger partial charge in [0, 0.05) is 37.4 Å². The predicted molar refractivity (Wildman–Crippen MR) is 142 cm³/mol. The average Bonchev–Trinajstić information content (AvgIpc) is 3.06. The van der Waals surface area contributed by atoms with Crippen LogP contribution in [0, 0.1) is 11.6 Å². The number of benzene rings is 2. The second kappa shape index (κ2) is 9.59. The van der Waals surface area contributed by atoms with Crippen LogP contribution in [0.2, 0.25) is 0 Å². The molecule has 0 bridgehead atoms. The number of halogens is 3. The Balaban J connectivity index is 1.43. The number of esters is 1. The molecular weight excluding hydrogens is 558 g/mol. The summed E-state index contributed by atoms with van der Waals surface area (Å²) in [6.45, 7) is 1.63. The molecule has 1 fully saturated rings. The Morgan fingerprint density at radius 2 is 1.63 bits per heavy atom. The minimum absolute atomic E-state index is 0.0145. The van der Waals surface area contributed by atoms with Crippen LogP contribution in [0.25, 0.3) is 11.0 Å². The molecule has 10 heteroatoms. The van der Waals surface area contributed by atoms with Gasteiger partial charge in [-0.15, -0.1) is 0 Å². The molecule has 2 aliphatic rings. The number of carbonyl (C=O) groups is 1. The Bertz CT molecular complexity index is 1560. The lowest BCUT2D eigenvalue weighted by Gasteiger charge is -2.45. The van der Waals surface area contributed by atoms with E-state index in [0.717, 1.165) is 15.6 Å². The van der Waals surface area contributed by atoms with Gasteiger partial charge in [0.15, 0.2) is 5.56 Å². The molecule has 2 aromatic carbocycles. The van der Waals surface area contributed by atoms with Crippen LogP contribution in [0.3, 0.4) is 0 Å². The number of rotatable bonds is 3. The Labute approximate surface area is 225 Å². The highest BCUT2D eigenvalue weighted by Gasteiger charge is 2.39. The molecule has 38 heavy (non-hydrogen) atoms. The number of cyclic esters (lactones) is 1. The predicted octanol–water partition coefficient (Wildman–Crippen LogP) is 4.42. The van der Waals surface area contributed by atoms with Gasteiger partial charge in [0.1, 0.15) is 23.8 Å². The molecule has 0 unspecified atom stereocenters. The maximum absolute atomic E-state index is 13.8. The van der Waals surface area contributed by atoms with E-state index in [1.165, 1.54) is 28.8 Å². The lowest BCUT2D eigenvalue weighted by molar-refractivity contribution is 0.0451. The number of fused-ring (bicyclic) bond motifs is 5. The van der Waals surface area contributed by atoms with Gasteiger partial charge in [-0.1, -0.05) is 24.3 Å². The van der Waals surface area contributed by atoms with Crippen molar-refractivity contribution in [3.05, 3.63) is 104 Å². The van der Waals surface area contributed by atoms with E-state index in [2.05, 4.69) is 25.8 Å². The first-order valence-electron chi connectivity index (χ1n) is 12.2. The van der Waals surface area contributed by atoms with Crippen molar-refractivity contribution in [1.82, 2.24) is 14.5 Å². The number of hydrogen-bond donors (Lipinski definition) is 0. The van der Waals surface area contributed by atoms with Crippen molar-refractivity contribution in [2.45, 2.75) is 12.1 Å². The zero-order valence-electron chi connectivity index (χ0n) is 20.4. The van der Waals surface area contributed by atoms with E-state index in [-0.39, 0.29) is 35.9 Å². The van der Waals surface area contributed by atoms with Crippen LogP contribution in [-0.4, -0.2) is 52.7 Å². The topological polar surface area (TPSA) is 67.7 Å². The maximum Gasteiger partial charge on any atom is 0.346 e. The Kier molecular flexibility index (Phi) is 6.23. The lowest BCUT2D eigenvalue weighted by Crippen LogP contribution is -2.55. The van der Waals surface area contributed by atoms with Gasteiger partial charge in [-0.05, 0) is 57.4 Å². The largest absolute Gasteiger partial charge is 0.460 e. The van der Waals surface area contributed by atoms with Crippen molar-refractivity contribution in [2.75, 3.05) is 31.1 Å². The molecule has 1 saturated heterocycles. The van der Waals surface area contributed by atoms with E-state index in [1.54, 1.807) is 37.5 Å². The fourth-order valence-corrected chi connectivity index (χ4v) is 5.85. The van der Waals surface area contributed by atoms with E-state index in [1.807, 2.05) is 11.0 Å². The number of aryl methyl sites for hydroxylation is 1. The number of aromatic nitrogens is 2. The normalized spacial score (nSPS) is 17.8. The van der Waals surface area contributed by atoms with E-state index < -0.39 is 11.5 Å². The molecule has 1 atom stereocenters. The third-order valence-electron chi connectivity index (χ3n) is 7.32. The quantitative estimate of drug-likeness (QED) is 0.334. The van der Waals surface area contributed by atoms with Gasteiger partial charge in [0.2, 0.25) is 0 Å². The van der Waals surface area contributed by atoms with Gasteiger partial charge >= 0.3 is 5.97 Å². The molecule has 2 aromatic heterocycles. The van der Waals surface area contributed by atoms with Crippen molar-refractivity contribution in [1.29, 1.82) is 0 Å². The zero-order valence-corrected chi connectivity index (χ0v) is 22.0. The van der Waals surface area contributed by atoms with E-state index in [9.17, 15) is 18.4 Å². The highest BCUT2D eigenvalue weighted by molar-refractivity contribution is 9.10. The first-order chi connectivity index (χ1) is 18.3. The van der Waals surface area contributed by atoms with Gasteiger partial charge in [0.25, 0.3) is 5.56 Å². The number of piperazine rings is 1. The number of carbonyl (C=O) groups excluding carboxylic acids is 1. The molecule has 0 aliphatic carbocycles. The minimum Gasteiger partial charge on any atom is -0.460 e. The van der Waals surface area contributed by atoms with Crippen molar-refractivity contribution in [2.24, 2.45) is 7.05 Å².